The maximum Gasteiger partial charge on any atom is 0.225 e. The van der Waals surface area contributed by atoms with E-state index >= 15 is 0 Å². The Morgan fingerprint density at radius 2 is 2.17 bits per heavy atom. The van der Waals surface area contributed by atoms with Gasteiger partial charge in [0.1, 0.15) is 0 Å². The van der Waals surface area contributed by atoms with E-state index in [1.54, 1.807) is 0 Å². The van der Waals surface area contributed by atoms with Crippen molar-refractivity contribution in [2.24, 2.45) is 0 Å². The van der Waals surface area contributed by atoms with Crippen LogP contribution in [-0.2, 0) is 6.54 Å². The van der Waals surface area contributed by atoms with Gasteiger partial charge in [0.2, 0.25) is 5.95 Å². The standard InChI is InChI=1S/C13H24N4S/c1-3-9-17-12(14-15-13(17)18)16-10-7-5-6-8-11(16)4-2/h11H,3-10H2,1-2H3,(H,15,18). The lowest BCUT2D eigenvalue weighted by molar-refractivity contribution is 0.532. The Balaban J connectivity index is 2.29. The molecule has 2 heterocycles. The van der Waals surface area contributed by atoms with Crippen molar-refractivity contribution in [1.29, 1.82) is 0 Å². The average molecular weight is 268 g/mol. The topological polar surface area (TPSA) is 36.9 Å². The van der Waals surface area contributed by atoms with E-state index in [1.165, 1.54) is 32.1 Å². The summed E-state index contributed by atoms with van der Waals surface area (Å²) in [5, 5.41) is 7.43. The van der Waals surface area contributed by atoms with Gasteiger partial charge in [-0.1, -0.05) is 26.7 Å². The molecule has 0 radical (unpaired) electrons. The highest BCUT2D eigenvalue weighted by atomic mass is 32.1. The molecular formula is C13H24N4S. The van der Waals surface area contributed by atoms with Gasteiger partial charge in [0.15, 0.2) is 4.77 Å². The van der Waals surface area contributed by atoms with E-state index in [-0.39, 0.29) is 0 Å². The molecule has 1 fully saturated rings. The van der Waals surface area contributed by atoms with Crippen LogP contribution >= 0.6 is 12.2 Å². The van der Waals surface area contributed by atoms with Crippen molar-refractivity contribution in [2.45, 2.75) is 65.0 Å². The molecule has 0 bridgehead atoms. The Labute approximate surface area is 114 Å². The van der Waals surface area contributed by atoms with E-state index < -0.39 is 0 Å². The molecule has 2 rings (SSSR count). The predicted octanol–water partition coefficient (Wildman–Crippen LogP) is 3.51. The van der Waals surface area contributed by atoms with Crippen LogP contribution in [0.5, 0.6) is 0 Å². The molecule has 1 aliphatic rings. The number of nitrogens with zero attached hydrogens (tertiary/aromatic N) is 3. The van der Waals surface area contributed by atoms with Gasteiger partial charge in [-0.05, 0) is 37.9 Å². The highest BCUT2D eigenvalue weighted by Crippen LogP contribution is 2.24. The van der Waals surface area contributed by atoms with Crippen molar-refractivity contribution in [2.75, 3.05) is 11.4 Å². The van der Waals surface area contributed by atoms with Crippen LogP contribution in [0.1, 0.15) is 52.4 Å². The van der Waals surface area contributed by atoms with E-state index in [1.807, 2.05) is 0 Å². The van der Waals surface area contributed by atoms with Gasteiger partial charge in [0.25, 0.3) is 0 Å². The molecule has 5 heteroatoms. The first-order valence-electron chi connectivity index (χ1n) is 7.19. The lowest BCUT2D eigenvalue weighted by atomic mass is 10.1. The molecule has 102 valence electrons. The summed E-state index contributed by atoms with van der Waals surface area (Å²) in [6.45, 7) is 6.52. The van der Waals surface area contributed by atoms with Gasteiger partial charge in [-0.25, -0.2) is 5.10 Å². The van der Waals surface area contributed by atoms with Gasteiger partial charge < -0.3 is 4.90 Å². The van der Waals surface area contributed by atoms with Crippen LogP contribution in [0.2, 0.25) is 0 Å². The van der Waals surface area contributed by atoms with Crippen molar-refractivity contribution in [1.82, 2.24) is 14.8 Å². The SMILES string of the molecule is CCCn1c(N2CCCCCC2CC)n[nH]c1=S. The summed E-state index contributed by atoms with van der Waals surface area (Å²) in [6, 6.07) is 0.619. The summed E-state index contributed by atoms with van der Waals surface area (Å²) >= 11 is 5.33. The van der Waals surface area contributed by atoms with Gasteiger partial charge >= 0.3 is 0 Å². The zero-order valence-electron chi connectivity index (χ0n) is 11.5. The van der Waals surface area contributed by atoms with Crippen LogP contribution in [0, 0.1) is 4.77 Å². The minimum absolute atomic E-state index is 0.619. The monoisotopic (exact) mass is 268 g/mol. The Bertz CT molecular complexity index is 423. The second-order valence-electron chi connectivity index (χ2n) is 5.09. The molecule has 0 aliphatic carbocycles. The van der Waals surface area contributed by atoms with Gasteiger partial charge in [-0.3, -0.25) is 4.57 Å². The third-order valence-corrected chi connectivity index (χ3v) is 4.10. The summed E-state index contributed by atoms with van der Waals surface area (Å²) < 4.78 is 2.91. The smallest absolute Gasteiger partial charge is 0.225 e. The molecule has 1 N–H and O–H groups in total. The summed E-state index contributed by atoms with van der Waals surface area (Å²) in [7, 11) is 0. The fourth-order valence-corrected chi connectivity index (χ4v) is 3.04. The summed E-state index contributed by atoms with van der Waals surface area (Å²) in [4.78, 5) is 2.47. The van der Waals surface area contributed by atoms with E-state index in [0.717, 1.165) is 30.2 Å². The first-order valence-corrected chi connectivity index (χ1v) is 7.60. The van der Waals surface area contributed by atoms with Gasteiger partial charge in [0, 0.05) is 19.1 Å². The number of hydrogen-bond donors (Lipinski definition) is 1. The van der Waals surface area contributed by atoms with E-state index in [4.69, 9.17) is 12.2 Å². The van der Waals surface area contributed by atoms with E-state index in [2.05, 4.69) is 33.5 Å². The van der Waals surface area contributed by atoms with Crippen molar-refractivity contribution in [3.8, 4) is 0 Å². The van der Waals surface area contributed by atoms with Crippen LogP contribution in [0.25, 0.3) is 0 Å². The van der Waals surface area contributed by atoms with Crippen LogP contribution in [0.3, 0.4) is 0 Å². The number of hydrogen-bond acceptors (Lipinski definition) is 3. The normalized spacial score (nSPS) is 21.0. The second-order valence-corrected chi connectivity index (χ2v) is 5.47. The summed E-state index contributed by atoms with van der Waals surface area (Å²) in [5.41, 5.74) is 0. The van der Waals surface area contributed by atoms with Gasteiger partial charge in [0.05, 0.1) is 0 Å². The third kappa shape index (κ3) is 2.76. The second kappa shape index (κ2) is 6.36. The van der Waals surface area contributed by atoms with Crippen molar-refractivity contribution >= 4 is 18.2 Å². The zero-order valence-corrected chi connectivity index (χ0v) is 12.3. The molecule has 1 aromatic rings. The van der Waals surface area contributed by atoms with E-state index in [9.17, 15) is 0 Å². The molecule has 1 aliphatic heterocycles. The number of aromatic amines is 1. The quantitative estimate of drug-likeness (QED) is 0.849. The number of aromatic nitrogens is 3. The predicted molar refractivity (Wildman–Crippen MR) is 77.6 cm³/mol. The highest BCUT2D eigenvalue weighted by Gasteiger charge is 2.23. The fourth-order valence-electron chi connectivity index (χ4n) is 2.82. The molecule has 0 saturated carbocycles. The maximum absolute atomic E-state index is 5.33. The molecule has 0 spiro atoms. The van der Waals surface area contributed by atoms with Gasteiger partial charge in [-0.2, -0.15) is 0 Å². The summed E-state index contributed by atoms with van der Waals surface area (Å²) in [5.74, 6) is 1.05. The first kappa shape index (κ1) is 13.6. The molecule has 1 saturated heterocycles. The molecule has 1 atom stereocenters. The van der Waals surface area contributed by atoms with E-state index in [0.29, 0.717) is 6.04 Å². The Hall–Kier alpha value is -0.840. The number of anilines is 1. The lowest BCUT2D eigenvalue weighted by Crippen LogP contribution is -2.36. The zero-order chi connectivity index (χ0) is 13.0. The third-order valence-electron chi connectivity index (χ3n) is 3.79. The summed E-state index contributed by atoms with van der Waals surface area (Å²) in [6.07, 6.45) is 7.50. The molecule has 0 amide bonds. The van der Waals surface area contributed by atoms with Crippen molar-refractivity contribution in [3.05, 3.63) is 4.77 Å². The lowest BCUT2D eigenvalue weighted by Gasteiger charge is -2.30. The molecule has 4 nitrogen and oxygen atoms in total. The first-order chi connectivity index (χ1) is 8.77. The highest BCUT2D eigenvalue weighted by molar-refractivity contribution is 7.71. The Morgan fingerprint density at radius 1 is 1.33 bits per heavy atom. The minimum Gasteiger partial charge on any atom is -0.338 e. The Morgan fingerprint density at radius 3 is 2.89 bits per heavy atom. The maximum atomic E-state index is 5.33. The van der Waals surface area contributed by atoms with Crippen LogP contribution < -0.4 is 4.90 Å². The fraction of sp³-hybridized carbons (Fsp3) is 0.846. The van der Waals surface area contributed by atoms with Crippen LogP contribution in [0.4, 0.5) is 5.95 Å². The molecule has 0 aromatic carbocycles. The van der Waals surface area contributed by atoms with Crippen molar-refractivity contribution < 1.29 is 0 Å². The molecule has 1 aromatic heterocycles. The minimum atomic E-state index is 0.619. The largest absolute Gasteiger partial charge is 0.338 e. The average Bonchev–Trinajstić information content (AvgIpc) is 2.62. The van der Waals surface area contributed by atoms with Crippen molar-refractivity contribution in [3.63, 3.8) is 0 Å². The number of rotatable bonds is 4. The molecule has 1 unspecified atom stereocenters. The molecule has 18 heavy (non-hydrogen) atoms. The number of nitrogens with one attached hydrogen (secondary N) is 1. The molecular weight excluding hydrogens is 244 g/mol. The van der Waals surface area contributed by atoms with Gasteiger partial charge in [-0.15, -0.1) is 5.10 Å². The Kier molecular flexibility index (Phi) is 4.80. The van der Waals surface area contributed by atoms with Crippen LogP contribution in [-0.4, -0.2) is 27.4 Å². The number of H-pyrrole nitrogens is 1. The van der Waals surface area contributed by atoms with Crippen LogP contribution in [0.15, 0.2) is 0 Å².